The van der Waals surface area contributed by atoms with Crippen molar-refractivity contribution in [1.82, 2.24) is 10.2 Å². The molecule has 0 amide bonds. The molecule has 2 aromatic rings. The van der Waals surface area contributed by atoms with Gasteiger partial charge in [-0.25, -0.2) is 0 Å². The van der Waals surface area contributed by atoms with Crippen LogP contribution in [0.25, 0.3) is 0 Å². The van der Waals surface area contributed by atoms with Gasteiger partial charge in [-0.05, 0) is 53.6 Å². The van der Waals surface area contributed by atoms with E-state index in [9.17, 15) is 0 Å². The first-order valence-electron chi connectivity index (χ1n) is 5.63. The molecule has 88 valence electrons. The van der Waals surface area contributed by atoms with Crippen molar-refractivity contribution >= 4 is 28.3 Å². The van der Waals surface area contributed by atoms with E-state index in [1.54, 1.807) is 0 Å². The van der Waals surface area contributed by atoms with Crippen molar-refractivity contribution in [3.8, 4) is 0 Å². The summed E-state index contributed by atoms with van der Waals surface area (Å²) in [6, 6.07) is 8.19. The van der Waals surface area contributed by atoms with Gasteiger partial charge in [0.05, 0.1) is 6.54 Å². The summed E-state index contributed by atoms with van der Waals surface area (Å²) in [5, 5.41) is 11.4. The average molecular weight is 341 g/mol. The minimum absolute atomic E-state index is 0.522. The Balaban J connectivity index is 1.62. The van der Waals surface area contributed by atoms with Gasteiger partial charge in [-0.1, -0.05) is 6.07 Å². The van der Waals surface area contributed by atoms with Gasteiger partial charge >= 0.3 is 0 Å². The Morgan fingerprint density at radius 3 is 3.00 bits per heavy atom. The monoisotopic (exact) mass is 341 g/mol. The molecule has 1 aromatic heterocycles. The van der Waals surface area contributed by atoms with E-state index in [-0.39, 0.29) is 0 Å². The summed E-state index contributed by atoms with van der Waals surface area (Å²) >= 11 is 2.29. The summed E-state index contributed by atoms with van der Waals surface area (Å²) < 4.78 is 6.78. The molecule has 0 aliphatic heterocycles. The van der Waals surface area contributed by atoms with Crippen molar-refractivity contribution in [3.63, 3.8) is 0 Å². The van der Waals surface area contributed by atoms with E-state index in [4.69, 9.17) is 4.42 Å². The lowest BCUT2D eigenvalue weighted by atomic mass is 10.3. The second kappa shape index (κ2) is 4.64. The molecule has 1 heterocycles. The van der Waals surface area contributed by atoms with E-state index in [1.165, 1.54) is 16.4 Å². The van der Waals surface area contributed by atoms with Gasteiger partial charge in [0.2, 0.25) is 11.8 Å². The number of nitrogens with one attached hydrogen (secondary N) is 1. The van der Waals surface area contributed by atoms with Crippen LogP contribution in [0.5, 0.6) is 0 Å². The molecule has 1 aliphatic carbocycles. The van der Waals surface area contributed by atoms with Gasteiger partial charge in [-0.2, -0.15) is 0 Å². The van der Waals surface area contributed by atoms with Crippen molar-refractivity contribution in [1.29, 1.82) is 0 Å². The molecule has 0 radical (unpaired) electrons. The fourth-order valence-electron chi connectivity index (χ4n) is 1.61. The predicted molar refractivity (Wildman–Crippen MR) is 72.8 cm³/mol. The van der Waals surface area contributed by atoms with Gasteiger partial charge in [0.15, 0.2) is 0 Å². The summed E-state index contributed by atoms with van der Waals surface area (Å²) in [5.74, 6) is 1.98. The third-order valence-corrected chi connectivity index (χ3v) is 3.35. The molecular weight excluding hydrogens is 329 g/mol. The molecule has 1 fully saturated rings. The van der Waals surface area contributed by atoms with Crippen molar-refractivity contribution in [2.75, 3.05) is 5.32 Å². The largest absolute Gasteiger partial charge is 0.423 e. The zero-order valence-electron chi connectivity index (χ0n) is 9.19. The van der Waals surface area contributed by atoms with Crippen molar-refractivity contribution < 1.29 is 4.42 Å². The minimum atomic E-state index is 0.522. The van der Waals surface area contributed by atoms with Crippen LogP contribution in [0, 0.1) is 3.57 Å². The van der Waals surface area contributed by atoms with E-state index in [0.717, 1.165) is 11.6 Å². The van der Waals surface area contributed by atoms with Crippen LogP contribution in [0.15, 0.2) is 28.7 Å². The van der Waals surface area contributed by atoms with E-state index in [2.05, 4.69) is 50.2 Å². The van der Waals surface area contributed by atoms with Gasteiger partial charge < -0.3 is 9.73 Å². The third kappa shape index (κ3) is 2.77. The molecule has 1 saturated carbocycles. The van der Waals surface area contributed by atoms with Crippen molar-refractivity contribution in [3.05, 3.63) is 39.6 Å². The molecule has 1 aliphatic rings. The highest BCUT2D eigenvalue weighted by Gasteiger charge is 2.29. The van der Waals surface area contributed by atoms with Gasteiger partial charge in [-0.3, -0.25) is 0 Å². The van der Waals surface area contributed by atoms with Crippen molar-refractivity contribution in [2.24, 2.45) is 0 Å². The lowest BCUT2D eigenvalue weighted by Crippen LogP contribution is -1.99. The number of nitrogens with zero attached hydrogens (tertiary/aromatic N) is 2. The van der Waals surface area contributed by atoms with E-state index >= 15 is 0 Å². The maximum atomic E-state index is 5.57. The Bertz CT molecular complexity index is 522. The summed E-state index contributed by atoms with van der Waals surface area (Å²) in [6.45, 7) is 0.583. The topological polar surface area (TPSA) is 51.0 Å². The smallest absolute Gasteiger partial charge is 0.235 e. The van der Waals surface area contributed by atoms with Crippen molar-refractivity contribution in [2.45, 2.75) is 25.3 Å². The molecule has 0 bridgehead atoms. The Morgan fingerprint density at radius 2 is 2.24 bits per heavy atom. The summed E-state index contributed by atoms with van der Waals surface area (Å²) in [6.07, 6.45) is 2.37. The molecule has 4 nitrogen and oxygen atoms in total. The highest BCUT2D eigenvalue weighted by molar-refractivity contribution is 14.1. The molecule has 3 rings (SSSR count). The van der Waals surface area contributed by atoms with E-state index in [1.807, 2.05) is 12.1 Å². The summed E-state index contributed by atoms with van der Waals surface area (Å²) in [5.41, 5.74) is 1.07. The fraction of sp³-hybridized carbons (Fsp3) is 0.333. The van der Waals surface area contributed by atoms with Crippen LogP contribution >= 0.6 is 22.6 Å². The molecule has 5 heteroatoms. The first-order valence-corrected chi connectivity index (χ1v) is 6.71. The number of rotatable bonds is 4. The Kier molecular flexibility index (Phi) is 3.00. The zero-order chi connectivity index (χ0) is 11.7. The maximum absolute atomic E-state index is 5.57. The Morgan fingerprint density at radius 1 is 1.35 bits per heavy atom. The third-order valence-electron chi connectivity index (χ3n) is 2.68. The number of anilines is 1. The zero-order valence-corrected chi connectivity index (χ0v) is 11.3. The standard InChI is InChI=1S/C12H12IN3O/c13-9-2-1-3-10(6-9)14-7-11-15-16-12(17-11)8-4-5-8/h1-3,6,8,14H,4-5,7H2. The molecule has 17 heavy (non-hydrogen) atoms. The van der Waals surface area contributed by atoms with E-state index < -0.39 is 0 Å². The summed E-state index contributed by atoms with van der Waals surface area (Å²) in [7, 11) is 0. The molecular formula is C12H12IN3O. The molecule has 0 unspecified atom stereocenters. The normalized spacial score (nSPS) is 14.9. The molecule has 1 aromatic carbocycles. The maximum Gasteiger partial charge on any atom is 0.235 e. The minimum Gasteiger partial charge on any atom is -0.423 e. The Hall–Kier alpha value is -1.11. The summed E-state index contributed by atoms with van der Waals surface area (Å²) in [4.78, 5) is 0. The number of benzene rings is 1. The number of hydrogen-bond donors (Lipinski definition) is 1. The second-order valence-corrected chi connectivity index (χ2v) is 5.42. The highest BCUT2D eigenvalue weighted by Crippen LogP contribution is 2.38. The number of halogens is 1. The SMILES string of the molecule is Ic1cccc(NCc2nnc(C3CC3)o2)c1. The van der Waals surface area contributed by atoms with Gasteiger partial charge in [-0.15, -0.1) is 10.2 Å². The first-order chi connectivity index (χ1) is 8.31. The lowest BCUT2D eigenvalue weighted by molar-refractivity contribution is 0.457. The van der Waals surface area contributed by atoms with Gasteiger partial charge in [0.25, 0.3) is 0 Å². The van der Waals surface area contributed by atoms with Gasteiger partial charge in [0, 0.05) is 15.2 Å². The number of hydrogen-bond acceptors (Lipinski definition) is 4. The highest BCUT2D eigenvalue weighted by atomic mass is 127. The average Bonchev–Trinajstić information content (AvgIpc) is 3.07. The van der Waals surface area contributed by atoms with Crippen LogP contribution in [0.2, 0.25) is 0 Å². The first kappa shape index (κ1) is 11.0. The van der Waals surface area contributed by atoms with Gasteiger partial charge in [0.1, 0.15) is 0 Å². The van der Waals surface area contributed by atoms with E-state index in [0.29, 0.717) is 18.4 Å². The van der Waals surface area contributed by atoms with Crippen LogP contribution in [0.4, 0.5) is 5.69 Å². The predicted octanol–water partition coefficient (Wildman–Crippen LogP) is 3.16. The molecule has 0 atom stereocenters. The van der Waals surface area contributed by atoms with Crippen LogP contribution in [0.3, 0.4) is 0 Å². The van der Waals surface area contributed by atoms with Crippen LogP contribution < -0.4 is 5.32 Å². The quantitative estimate of drug-likeness (QED) is 0.868. The van der Waals surface area contributed by atoms with Crippen LogP contribution in [0.1, 0.15) is 30.5 Å². The van der Waals surface area contributed by atoms with Crippen LogP contribution in [-0.4, -0.2) is 10.2 Å². The molecule has 0 saturated heterocycles. The molecule has 1 N–H and O–H groups in total. The number of aromatic nitrogens is 2. The lowest BCUT2D eigenvalue weighted by Gasteiger charge is -2.03. The van der Waals surface area contributed by atoms with Crippen LogP contribution in [-0.2, 0) is 6.54 Å². The molecule has 0 spiro atoms. The second-order valence-electron chi connectivity index (χ2n) is 4.17. The fourth-order valence-corrected chi connectivity index (χ4v) is 2.15. The Labute approximate surface area is 113 Å².